The summed E-state index contributed by atoms with van der Waals surface area (Å²) in [5, 5.41) is 17.7. The number of nitro groups is 1. The van der Waals surface area contributed by atoms with E-state index in [9.17, 15) is 19.7 Å². The smallest absolute Gasteiger partial charge is 0.269 e. The largest absolute Gasteiger partial charge is 0.368 e. The monoisotopic (exact) mass is 448 g/mol. The van der Waals surface area contributed by atoms with Gasteiger partial charge in [0.25, 0.3) is 11.6 Å². The lowest BCUT2D eigenvalue weighted by Crippen LogP contribution is -2.49. The van der Waals surface area contributed by atoms with Crippen LogP contribution in [0.25, 0.3) is 5.69 Å². The zero-order valence-electron chi connectivity index (χ0n) is 18.0. The van der Waals surface area contributed by atoms with Gasteiger partial charge in [-0.05, 0) is 24.3 Å². The Morgan fingerprint density at radius 2 is 1.67 bits per heavy atom. The number of hydrogen-bond acceptors (Lipinski definition) is 6. The molecule has 0 aliphatic carbocycles. The first-order chi connectivity index (χ1) is 16.0. The van der Waals surface area contributed by atoms with Crippen LogP contribution in [0, 0.1) is 10.1 Å². The first-order valence-corrected chi connectivity index (χ1v) is 10.7. The molecule has 0 radical (unpaired) electrons. The quantitative estimate of drug-likeness (QED) is 0.438. The minimum atomic E-state index is -0.476. The molecule has 1 aromatic heterocycles. The second kappa shape index (κ2) is 9.94. The van der Waals surface area contributed by atoms with Crippen LogP contribution in [-0.2, 0) is 4.79 Å². The van der Waals surface area contributed by atoms with E-state index in [1.54, 1.807) is 18.3 Å². The molecular weight excluding hydrogens is 424 g/mol. The van der Waals surface area contributed by atoms with Crippen LogP contribution in [0.15, 0.2) is 67.0 Å². The number of nitro benzene ring substituents is 1. The molecule has 2 aromatic carbocycles. The third-order valence-corrected chi connectivity index (χ3v) is 5.55. The Morgan fingerprint density at radius 3 is 2.33 bits per heavy atom. The summed E-state index contributed by atoms with van der Waals surface area (Å²) >= 11 is 0. The number of anilines is 1. The van der Waals surface area contributed by atoms with Crippen LogP contribution < -0.4 is 10.2 Å². The number of benzene rings is 2. The van der Waals surface area contributed by atoms with Crippen LogP contribution in [0.2, 0.25) is 0 Å². The minimum Gasteiger partial charge on any atom is -0.368 e. The van der Waals surface area contributed by atoms with Crippen LogP contribution in [0.4, 0.5) is 11.4 Å². The zero-order chi connectivity index (χ0) is 23.2. The molecule has 0 unspecified atom stereocenters. The minimum absolute atomic E-state index is 0.0181. The Morgan fingerprint density at radius 1 is 0.970 bits per heavy atom. The molecular formula is C23H24N6O4. The highest BCUT2D eigenvalue weighted by atomic mass is 16.6. The number of carbonyl (C=O) groups excluding carboxylic acids is 2. The van der Waals surface area contributed by atoms with Crippen molar-refractivity contribution < 1.29 is 14.5 Å². The summed E-state index contributed by atoms with van der Waals surface area (Å²) < 4.78 is 1.47. The van der Waals surface area contributed by atoms with Gasteiger partial charge in [-0.3, -0.25) is 19.7 Å². The first-order valence-electron chi connectivity index (χ1n) is 10.7. The van der Waals surface area contributed by atoms with Crippen molar-refractivity contribution in [2.24, 2.45) is 0 Å². The molecule has 0 atom stereocenters. The molecule has 1 aliphatic rings. The van der Waals surface area contributed by atoms with E-state index < -0.39 is 4.92 Å². The van der Waals surface area contributed by atoms with E-state index >= 15 is 0 Å². The van der Waals surface area contributed by atoms with Gasteiger partial charge in [-0.2, -0.15) is 5.10 Å². The molecule has 1 aliphatic heterocycles. The van der Waals surface area contributed by atoms with Crippen molar-refractivity contribution in [2.45, 2.75) is 6.42 Å². The number of hydrogen-bond donors (Lipinski definition) is 1. The Bertz CT molecular complexity index is 1120. The Kier molecular flexibility index (Phi) is 6.63. The van der Waals surface area contributed by atoms with Crippen LogP contribution in [0.1, 0.15) is 16.8 Å². The number of piperazine rings is 1. The average molecular weight is 448 g/mol. The standard InChI is InChI=1S/C23H24N6O4/c30-22(27-14-12-26(13-15-27)19-4-2-1-3-5-19)10-11-24-23(31)18-16-25-28(17-18)20-6-8-21(9-7-20)29(32)33/h1-9,16-17H,10-15H2,(H,24,31). The maximum atomic E-state index is 12.5. The SMILES string of the molecule is O=C(NCCC(=O)N1CCN(c2ccccc2)CC1)c1cnn(-c2ccc([N+](=O)[O-])cc2)c1. The highest BCUT2D eigenvalue weighted by Crippen LogP contribution is 2.16. The van der Waals surface area contributed by atoms with Crippen molar-refractivity contribution >= 4 is 23.2 Å². The maximum absolute atomic E-state index is 12.5. The fraction of sp³-hybridized carbons (Fsp3) is 0.261. The van der Waals surface area contributed by atoms with Gasteiger partial charge in [0.2, 0.25) is 5.91 Å². The Hall–Kier alpha value is -4.21. The summed E-state index contributed by atoms with van der Waals surface area (Å²) in [4.78, 5) is 39.3. The summed E-state index contributed by atoms with van der Waals surface area (Å²) in [5.41, 5.74) is 2.09. The van der Waals surface area contributed by atoms with E-state index in [0.29, 0.717) is 24.3 Å². The predicted molar refractivity (Wildman–Crippen MR) is 122 cm³/mol. The van der Waals surface area contributed by atoms with Gasteiger partial charge in [-0.15, -0.1) is 0 Å². The van der Waals surface area contributed by atoms with Gasteiger partial charge >= 0.3 is 0 Å². The molecule has 10 heteroatoms. The highest BCUT2D eigenvalue weighted by Gasteiger charge is 2.21. The van der Waals surface area contributed by atoms with Crippen molar-refractivity contribution in [1.29, 1.82) is 0 Å². The van der Waals surface area contributed by atoms with Gasteiger partial charge in [0, 0.05) is 63.2 Å². The number of rotatable bonds is 7. The molecule has 0 saturated carbocycles. The molecule has 3 aromatic rings. The second-order valence-electron chi connectivity index (χ2n) is 7.66. The van der Waals surface area contributed by atoms with Crippen molar-refractivity contribution in [2.75, 3.05) is 37.6 Å². The summed E-state index contributed by atoms with van der Waals surface area (Å²) in [6, 6.07) is 16.0. The fourth-order valence-corrected chi connectivity index (χ4v) is 3.70. The predicted octanol–water partition coefficient (Wildman–Crippen LogP) is 2.25. The maximum Gasteiger partial charge on any atom is 0.269 e. The molecule has 2 amide bonds. The van der Waals surface area contributed by atoms with Gasteiger partial charge < -0.3 is 15.1 Å². The van der Waals surface area contributed by atoms with Gasteiger partial charge in [-0.25, -0.2) is 4.68 Å². The van der Waals surface area contributed by atoms with Gasteiger partial charge in [0.15, 0.2) is 0 Å². The van der Waals surface area contributed by atoms with Crippen LogP contribution >= 0.6 is 0 Å². The average Bonchev–Trinajstić information content (AvgIpc) is 3.35. The number of nitrogens with zero attached hydrogens (tertiary/aromatic N) is 5. The molecule has 170 valence electrons. The van der Waals surface area contributed by atoms with Gasteiger partial charge in [0.1, 0.15) is 0 Å². The molecule has 0 spiro atoms. The molecule has 1 N–H and O–H groups in total. The van der Waals surface area contributed by atoms with Gasteiger partial charge in [0.05, 0.1) is 22.4 Å². The lowest BCUT2D eigenvalue weighted by atomic mass is 10.2. The normalized spacial score (nSPS) is 13.6. The molecule has 33 heavy (non-hydrogen) atoms. The van der Waals surface area contributed by atoms with Crippen molar-refractivity contribution in [3.8, 4) is 5.69 Å². The van der Waals surface area contributed by atoms with E-state index in [2.05, 4.69) is 27.4 Å². The lowest BCUT2D eigenvalue weighted by molar-refractivity contribution is -0.384. The number of carbonyl (C=O) groups is 2. The molecule has 0 bridgehead atoms. The zero-order valence-corrected chi connectivity index (χ0v) is 18.0. The lowest BCUT2D eigenvalue weighted by Gasteiger charge is -2.36. The van der Waals surface area contributed by atoms with Gasteiger partial charge in [-0.1, -0.05) is 18.2 Å². The van der Waals surface area contributed by atoms with Crippen molar-refractivity contribution in [3.05, 3.63) is 82.7 Å². The molecule has 10 nitrogen and oxygen atoms in total. The van der Waals surface area contributed by atoms with E-state index in [1.165, 1.54) is 23.0 Å². The summed E-state index contributed by atoms with van der Waals surface area (Å²) in [5.74, 6) is -0.311. The van der Waals surface area contributed by atoms with E-state index in [1.807, 2.05) is 23.1 Å². The highest BCUT2D eigenvalue weighted by molar-refractivity contribution is 5.94. The number of para-hydroxylation sites is 1. The number of amides is 2. The number of non-ortho nitro benzene ring substituents is 1. The summed E-state index contributed by atoms with van der Waals surface area (Å²) in [6.45, 7) is 3.11. The molecule has 2 heterocycles. The summed E-state index contributed by atoms with van der Waals surface area (Å²) in [7, 11) is 0. The third-order valence-electron chi connectivity index (χ3n) is 5.55. The Balaban J connectivity index is 1.23. The second-order valence-corrected chi connectivity index (χ2v) is 7.66. The summed E-state index contributed by atoms with van der Waals surface area (Å²) in [6.07, 6.45) is 3.19. The molecule has 4 rings (SSSR count). The number of aromatic nitrogens is 2. The van der Waals surface area contributed by atoms with E-state index in [-0.39, 0.29) is 30.5 Å². The van der Waals surface area contributed by atoms with Crippen LogP contribution in [-0.4, -0.2) is 64.1 Å². The van der Waals surface area contributed by atoms with Crippen molar-refractivity contribution in [3.63, 3.8) is 0 Å². The van der Waals surface area contributed by atoms with E-state index in [4.69, 9.17) is 0 Å². The third kappa shape index (κ3) is 5.35. The number of nitrogens with one attached hydrogen (secondary N) is 1. The van der Waals surface area contributed by atoms with Crippen molar-refractivity contribution in [1.82, 2.24) is 20.0 Å². The molecule has 1 fully saturated rings. The topological polar surface area (TPSA) is 114 Å². The first kappa shape index (κ1) is 22.0. The van der Waals surface area contributed by atoms with E-state index in [0.717, 1.165) is 18.8 Å². The van der Waals surface area contributed by atoms with Crippen LogP contribution in [0.5, 0.6) is 0 Å². The fourth-order valence-electron chi connectivity index (χ4n) is 3.70. The molecule has 1 saturated heterocycles. The van der Waals surface area contributed by atoms with Crippen LogP contribution in [0.3, 0.4) is 0 Å². The Labute approximate surface area is 190 Å².